The van der Waals surface area contributed by atoms with Gasteiger partial charge in [-0.15, -0.1) is 0 Å². The highest BCUT2D eigenvalue weighted by Crippen LogP contribution is 2.28. The van der Waals surface area contributed by atoms with Crippen LogP contribution in [0.25, 0.3) is 0 Å². The van der Waals surface area contributed by atoms with Gasteiger partial charge >= 0.3 is 0 Å². The van der Waals surface area contributed by atoms with E-state index in [1.165, 1.54) is 5.56 Å². The Morgan fingerprint density at radius 1 is 1.22 bits per heavy atom. The molecule has 144 valence electrons. The molecule has 5 nitrogen and oxygen atoms in total. The summed E-state index contributed by atoms with van der Waals surface area (Å²) in [5.41, 5.74) is 1.32. The number of anilines is 1. The number of aromatic nitrogens is 2. The van der Waals surface area contributed by atoms with Crippen molar-refractivity contribution in [3.63, 3.8) is 0 Å². The maximum atomic E-state index is 12.8. The smallest absolute Gasteiger partial charge is 0.225 e. The number of carbonyl (C=O) groups excluding carboxylic acids is 1. The Morgan fingerprint density at radius 2 is 1.93 bits per heavy atom. The minimum Gasteiger partial charge on any atom is -0.353 e. The number of hydrogen-bond acceptors (Lipinski definition) is 4. The standard InChI is InChI=1S/C22H30N4O/c1-17(15-22(2,3)19-10-5-4-6-11-19)25-20(27)18-9-7-14-26(16-18)21-23-12-8-13-24-21/h4-6,8,10-13,17-18H,7,9,14-16H2,1-3H3,(H,25,27). The van der Waals surface area contributed by atoms with Gasteiger partial charge in [0.15, 0.2) is 0 Å². The summed E-state index contributed by atoms with van der Waals surface area (Å²) in [6, 6.07) is 12.4. The van der Waals surface area contributed by atoms with Crippen molar-refractivity contribution in [1.29, 1.82) is 0 Å². The van der Waals surface area contributed by atoms with Crippen LogP contribution in [0.4, 0.5) is 5.95 Å². The number of benzene rings is 1. The summed E-state index contributed by atoms with van der Waals surface area (Å²) in [6.07, 6.45) is 6.31. The van der Waals surface area contributed by atoms with Crippen LogP contribution in [0.1, 0.15) is 45.6 Å². The molecule has 2 atom stereocenters. The predicted molar refractivity (Wildman–Crippen MR) is 109 cm³/mol. The summed E-state index contributed by atoms with van der Waals surface area (Å²) in [5.74, 6) is 0.852. The molecule has 27 heavy (non-hydrogen) atoms. The molecular weight excluding hydrogens is 336 g/mol. The van der Waals surface area contributed by atoms with Crippen molar-refractivity contribution >= 4 is 11.9 Å². The maximum absolute atomic E-state index is 12.8. The van der Waals surface area contributed by atoms with Crippen LogP contribution in [-0.4, -0.2) is 35.0 Å². The van der Waals surface area contributed by atoms with Gasteiger partial charge in [-0.25, -0.2) is 9.97 Å². The zero-order valence-corrected chi connectivity index (χ0v) is 16.6. The fraction of sp³-hybridized carbons (Fsp3) is 0.500. The molecular formula is C22H30N4O. The van der Waals surface area contributed by atoms with E-state index >= 15 is 0 Å². The van der Waals surface area contributed by atoms with Crippen molar-refractivity contribution in [2.24, 2.45) is 5.92 Å². The van der Waals surface area contributed by atoms with E-state index in [-0.39, 0.29) is 23.3 Å². The average molecular weight is 367 g/mol. The lowest BCUT2D eigenvalue weighted by Gasteiger charge is -2.34. The topological polar surface area (TPSA) is 58.1 Å². The van der Waals surface area contributed by atoms with Gasteiger partial charge in [0.05, 0.1) is 5.92 Å². The highest BCUT2D eigenvalue weighted by atomic mass is 16.2. The molecule has 1 aromatic heterocycles. The first-order valence-electron chi connectivity index (χ1n) is 9.83. The molecule has 0 radical (unpaired) electrons. The van der Waals surface area contributed by atoms with Gasteiger partial charge < -0.3 is 10.2 Å². The van der Waals surface area contributed by atoms with Crippen molar-refractivity contribution in [1.82, 2.24) is 15.3 Å². The van der Waals surface area contributed by atoms with E-state index in [1.807, 2.05) is 12.1 Å². The zero-order valence-electron chi connectivity index (χ0n) is 16.6. The highest BCUT2D eigenvalue weighted by Gasteiger charge is 2.29. The minimum atomic E-state index is -0.00940. The second-order valence-electron chi connectivity index (χ2n) is 8.20. The Hall–Kier alpha value is -2.43. The molecule has 1 N–H and O–H groups in total. The zero-order chi connectivity index (χ0) is 19.3. The quantitative estimate of drug-likeness (QED) is 0.849. The summed E-state index contributed by atoms with van der Waals surface area (Å²) in [6.45, 7) is 8.17. The number of amides is 1. The van der Waals surface area contributed by atoms with Crippen LogP contribution in [-0.2, 0) is 10.2 Å². The predicted octanol–water partition coefficient (Wildman–Crippen LogP) is 3.57. The van der Waals surface area contributed by atoms with Gasteiger partial charge in [-0.2, -0.15) is 0 Å². The third-order valence-electron chi connectivity index (χ3n) is 5.39. The SMILES string of the molecule is CC(CC(C)(C)c1ccccc1)NC(=O)C1CCCN(c2ncccn2)C1. The lowest BCUT2D eigenvalue weighted by atomic mass is 9.79. The van der Waals surface area contributed by atoms with Crippen molar-refractivity contribution in [3.8, 4) is 0 Å². The first-order valence-corrected chi connectivity index (χ1v) is 9.83. The number of carbonyl (C=O) groups is 1. The van der Waals surface area contributed by atoms with Gasteiger partial charge in [0.25, 0.3) is 0 Å². The Kier molecular flexibility index (Phi) is 6.09. The molecule has 3 rings (SSSR count). The maximum Gasteiger partial charge on any atom is 0.225 e. The molecule has 0 saturated carbocycles. The molecule has 2 heterocycles. The highest BCUT2D eigenvalue weighted by molar-refractivity contribution is 5.79. The number of nitrogens with one attached hydrogen (secondary N) is 1. The van der Waals surface area contributed by atoms with Gasteiger partial charge in [0.1, 0.15) is 0 Å². The molecule has 5 heteroatoms. The van der Waals surface area contributed by atoms with Crippen LogP contribution in [0.3, 0.4) is 0 Å². The third kappa shape index (κ3) is 5.06. The summed E-state index contributed by atoms with van der Waals surface area (Å²) >= 11 is 0. The lowest BCUT2D eigenvalue weighted by Crippen LogP contribution is -2.46. The van der Waals surface area contributed by atoms with Crippen molar-refractivity contribution in [2.45, 2.75) is 51.5 Å². The minimum absolute atomic E-state index is 0.00940. The lowest BCUT2D eigenvalue weighted by molar-refractivity contribution is -0.126. The van der Waals surface area contributed by atoms with E-state index in [0.29, 0.717) is 12.5 Å². The Labute approximate surface area is 162 Å². The second-order valence-corrected chi connectivity index (χ2v) is 8.20. The second kappa shape index (κ2) is 8.51. The molecule has 2 unspecified atom stereocenters. The van der Waals surface area contributed by atoms with Crippen LogP contribution in [0.15, 0.2) is 48.8 Å². The van der Waals surface area contributed by atoms with Gasteiger partial charge in [-0.1, -0.05) is 44.2 Å². The van der Waals surface area contributed by atoms with E-state index < -0.39 is 0 Å². The van der Waals surface area contributed by atoms with Crippen LogP contribution in [0, 0.1) is 5.92 Å². The molecule has 1 amide bonds. The molecule has 1 saturated heterocycles. The molecule has 2 aromatic rings. The van der Waals surface area contributed by atoms with Crippen molar-refractivity contribution in [3.05, 3.63) is 54.4 Å². The summed E-state index contributed by atoms with van der Waals surface area (Å²) in [5, 5.41) is 3.24. The van der Waals surface area contributed by atoms with Crippen molar-refractivity contribution < 1.29 is 4.79 Å². The normalized spacial score (nSPS) is 18.8. The fourth-order valence-electron chi connectivity index (χ4n) is 4.01. The van der Waals surface area contributed by atoms with E-state index in [2.05, 4.69) is 65.2 Å². The van der Waals surface area contributed by atoms with E-state index in [9.17, 15) is 4.79 Å². The van der Waals surface area contributed by atoms with Gasteiger partial charge in [-0.3, -0.25) is 4.79 Å². The Bertz CT molecular complexity index is 732. The number of nitrogens with zero attached hydrogens (tertiary/aromatic N) is 3. The summed E-state index contributed by atoms with van der Waals surface area (Å²) in [7, 11) is 0. The van der Waals surface area contributed by atoms with E-state index in [0.717, 1.165) is 25.8 Å². The van der Waals surface area contributed by atoms with Crippen molar-refractivity contribution in [2.75, 3.05) is 18.0 Å². The molecule has 0 spiro atoms. The summed E-state index contributed by atoms with van der Waals surface area (Å²) < 4.78 is 0. The molecule has 1 fully saturated rings. The number of hydrogen-bond donors (Lipinski definition) is 1. The van der Waals surface area contributed by atoms with E-state index in [1.54, 1.807) is 12.4 Å². The fourth-order valence-corrected chi connectivity index (χ4v) is 4.01. The number of piperidine rings is 1. The largest absolute Gasteiger partial charge is 0.353 e. The molecule has 0 bridgehead atoms. The van der Waals surface area contributed by atoms with Crippen LogP contribution >= 0.6 is 0 Å². The van der Waals surface area contributed by atoms with E-state index in [4.69, 9.17) is 0 Å². The van der Waals surface area contributed by atoms with Crippen LogP contribution in [0.2, 0.25) is 0 Å². The molecule has 0 aliphatic carbocycles. The Balaban J connectivity index is 1.56. The van der Waals surface area contributed by atoms with Gasteiger partial charge in [0.2, 0.25) is 11.9 Å². The average Bonchev–Trinajstić information content (AvgIpc) is 2.69. The Morgan fingerprint density at radius 3 is 2.63 bits per heavy atom. The first kappa shape index (κ1) is 19.3. The monoisotopic (exact) mass is 366 g/mol. The van der Waals surface area contributed by atoms with Crippen LogP contribution < -0.4 is 10.2 Å². The van der Waals surface area contributed by atoms with Gasteiger partial charge in [-0.05, 0) is 43.2 Å². The first-order chi connectivity index (χ1) is 13.0. The third-order valence-corrected chi connectivity index (χ3v) is 5.39. The number of rotatable bonds is 6. The molecule has 1 aromatic carbocycles. The van der Waals surface area contributed by atoms with Gasteiger partial charge in [0, 0.05) is 31.5 Å². The van der Waals surface area contributed by atoms with Crippen LogP contribution in [0.5, 0.6) is 0 Å². The molecule has 1 aliphatic rings. The molecule has 1 aliphatic heterocycles. The summed E-state index contributed by atoms with van der Waals surface area (Å²) in [4.78, 5) is 23.6.